The first kappa shape index (κ1) is 15.7. The molecule has 0 saturated heterocycles. The van der Waals surface area contributed by atoms with Gasteiger partial charge in [-0.05, 0) is 41.3 Å². The highest BCUT2D eigenvalue weighted by Gasteiger charge is 2.22. The fourth-order valence-electron chi connectivity index (χ4n) is 1.52. The van der Waals surface area contributed by atoms with E-state index < -0.39 is 0 Å². The lowest BCUT2D eigenvalue weighted by Gasteiger charge is -2.32. The van der Waals surface area contributed by atoms with Crippen LogP contribution in [-0.4, -0.2) is 47.2 Å². The molecule has 108 valence electrons. The molecule has 0 saturated carbocycles. The minimum atomic E-state index is -0.268. The van der Waals surface area contributed by atoms with Gasteiger partial charge in [-0.3, -0.25) is 4.79 Å². The number of nitrogens with zero attached hydrogens (tertiary/aromatic N) is 2. The first-order valence-electron chi connectivity index (χ1n) is 6.31. The summed E-state index contributed by atoms with van der Waals surface area (Å²) in [4.78, 5) is 14.0. The molecule has 0 fully saturated rings. The van der Waals surface area contributed by atoms with Crippen LogP contribution in [0.25, 0.3) is 0 Å². The number of aliphatic hydroxyl groups is 1. The predicted molar refractivity (Wildman–Crippen MR) is 71.9 cm³/mol. The number of aromatic nitrogens is 1. The molecule has 0 aliphatic carbocycles. The first-order chi connectivity index (χ1) is 8.79. The number of hydrogen-bond donors (Lipinski definition) is 2. The minimum Gasteiger partial charge on any atom is -0.388 e. The van der Waals surface area contributed by atoms with Crippen LogP contribution in [-0.2, 0) is 6.61 Å². The number of nitrogens with one attached hydrogen (secondary N) is 1. The van der Waals surface area contributed by atoms with E-state index in [1.165, 1.54) is 0 Å². The SMILES string of the molecule is Cc1c(C(=O)NCCC(C)(C)N(C)C)noc1CO. The highest BCUT2D eigenvalue weighted by molar-refractivity contribution is 5.93. The number of carbonyl (C=O) groups is 1. The van der Waals surface area contributed by atoms with E-state index in [4.69, 9.17) is 9.63 Å². The quantitative estimate of drug-likeness (QED) is 0.803. The van der Waals surface area contributed by atoms with Crippen LogP contribution in [0.5, 0.6) is 0 Å². The van der Waals surface area contributed by atoms with Gasteiger partial charge in [-0.25, -0.2) is 0 Å². The van der Waals surface area contributed by atoms with E-state index in [9.17, 15) is 4.79 Å². The third-order valence-corrected chi connectivity index (χ3v) is 3.61. The van der Waals surface area contributed by atoms with Gasteiger partial charge in [-0.15, -0.1) is 0 Å². The second kappa shape index (κ2) is 6.16. The summed E-state index contributed by atoms with van der Waals surface area (Å²) >= 11 is 0. The maximum absolute atomic E-state index is 11.9. The summed E-state index contributed by atoms with van der Waals surface area (Å²) in [6.07, 6.45) is 0.829. The van der Waals surface area contributed by atoms with Crippen LogP contribution in [0.2, 0.25) is 0 Å². The van der Waals surface area contributed by atoms with Gasteiger partial charge in [-0.2, -0.15) is 0 Å². The molecule has 6 heteroatoms. The molecule has 19 heavy (non-hydrogen) atoms. The van der Waals surface area contributed by atoms with Gasteiger partial charge in [0.25, 0.3) is 5.91 Å². The van der Waals surface area contributed by atoms with Crippen LogP contribution < -0.4 is 5.32 Å². The number of aliphatic hydroxyl groups excluding tert-OH is 1. The molecule has 1 heterocycles. The van der Waals surface area contributed by atoms with Crippen LogP contribution >= 0.6 is 0 Å². The lowest BCUT2D eigenvalue weighted by molar-refractivity contribution is 0.0933. The van der Waals surface area contributed by atoms with Gasteiger partial charge in [0, 0.05) is 17.6 Å². The molecule has 1 amide bonds. The van der Waals surface area contributed by atoms with Crippen molar-refractivity contribution in [1.82, 2.24) is 15.4 Å². The second-order valence-corrected chi connectivity index (χ2v) is 5.45. The van der Waals surface area contributed by atoms with E-state index in [0.717, 1.165) is 6.42 Å². The number of carbonyl (C=O) groups excluding carboxylic acids is 1. The lowest BCUT2D eigenvalue weighted by atomic mass is 9.99. The molecule has 0 atom stereocenters. The van der Waals surface area contributed by atoms with E-state index >= 15 is 0 Å². The molecule has 0 aliphatic rings. The smallest absolute Gasteiger partial charge is 0.273 e. The van der Waals surface area contributed by atoms with E-state index in [-0.39, 0.29) is 23.7 Å². The number of rotatable bonds is 6. The predicted octanol–water partition coefficient (Wildman–Crippen LogP) is 0.935. The normalized spacial score (nSPS) is 11.9. The fourth-order valence-corrected chi connectivity index (χ4v) is 1.52. The van der Waals surface area contributed by atoms with Crippen molar-refractivity contribution in [2.45, 2.75) is 39.3 Å². The Labute approximate surface area is 113 Å². The Morgan fingerprint density at radius 2 is 2.11 bits per heavy atom. The molecule has 0 radical (unpaired) electrons. The maximum Gasteiger partial charge on any atom is 0.273 e. The fraction of sp³-hybridized carbons (Fsp3) is 0.692. The summed E-state index contributed by atoms with van der Waals surface area (Å²) in [5, 5.41) is 15.5. The van der Waals surface area contributed by atoms with Crippen molar-refractivity contribution in [1.29, 1.82) is 0 Å². The zero-order chi connectivity index (χ0) is 14.6. The average molecular weight is 269 g/mol. The van der Waals surface area contributed by atoms with Crippen LogP contribution in [0, 0.1) is 6.92 Å². The summed E-state index contributed by atoms with van der Waals surface area (Å²) in [5.74, 6) is 0.0641. The third-order valence-electron chi connectivity index (χ3n) is 3.61. The van der Waals surface area contributed by atoms with Crippen molar-refractivity contribution >= 4 is 5.91 Å². The Morgan fingerprint density at radius 3 is 2.58 bits per heavy atom. The van der Waals surface area contributed by atoms with Crippen LogP contribution in [0.1, 0.15) is 42.1 Å². The van der Waals surface area contributed by atoms with Gasteiger partial charge in [0.1, 0.15) is 6.61 Å². The maximum atomic E-state index is 11.9. The third kappa shape index (κ3) is 3.78. The molecule has 0 bridgehead atoms. The van der Waals surface area contributed by atoms with Crippen molar-refractivity contribution in [3.8, 4) is 0 Å². The Bertz CT molecular complexity index is 438. The van der Waals surface area contributed by atoms with Crippen molar-refractivity contribution in [3.63, 3.8) is 0 Å². The van der Waals surface area contributed by atoms with Crippen molar-refractivity contribution in [3.05, 3.63) is 17.0 Å². The largest absolute Gasteiger partial charge is 0.388 e. The highest BCUT2D eigenvalue weighted by Crippen LogP contribution is 2.15. The molecule has 0 aromatic carbocycles. The Morgan fingerprint density at radius 1 is 1.47 bits per heavy atom. The van der Waals surface area contributed by atoms with Gasteiger partial charge >= 0.3 is 0 Å². The minimum absolute atomic E-state index is 0.0163. The van der Waals surface area contributed by atoms with Gasteiger partial charge in [-0.1, -0.05) is 5.16 Å². The number of hydrogen-bond acceptors (Lipinski definition) is 5. The molecule has 2 N–H and O–H groups in total. The van der Waals surface area contributed by atoms with Gasteiger partial charge < -0.3 is 19.8 Å². The Hall–Kier alpha value is -1.40. The van der Waals surface area contributed by atoms with Crippen LogP contribution in [0.15, 0.2) is 4.52 Å². The molecule has 6 nitrogen and oxygen atoms in total. The zero-order valence-electron chi connectivity index (χ0n) is 12.3. The van der Waals surface area contributed by atoms with E-state index in [0.29, 0.717) is 17.9 Å². The summed E-state index contributed by atoms with van der Waals surface area (Å²) < 4.78 is 4.88. The zero-order valence-corrected chi connectivity index (χ0v) is 12.3. The van der Waals surface area contributed by atoms with Crippen LogP contribution in [0.4, 0.5) is 0 Å². The number of amides is 1. The topological polar surface area (TPSA) is 78.6 Å². The molecule has 0 unspecified atom stereocenters. The summed E-state index contributed by atoms with van der Waals surface area (Å²) in [6, 6.07) is 0. The van der Waals surface area contributed by atoms with Gasteiger partial charge in [0.15, 0.2) is 11.5 Å². The molecular formula is C13H23N3O3. The van der Waals surface area contributed by atoms with Gasteiger partial charge in [0.05, 0.1) is 0 Å². The summed E-state index contributed by atoms with van der Waals surface area (Å²) in [6.45, 7) is 6.25. The summed E-state index contributed by atoms with van der Waals surface area (Å²) in [5.41, 5.74) is 0.848. The Balaban J connectivity index is 2.54. The highest BCUT2D eigenvalue weighted by atomic mass is 16.5. The summed E-state index contributed by atoms with van der Waals surface area (Å²) in [7, 11) is 4.02. The standard InChI is InChI=1S/C13H23N3O3/c1-9-10(8-17)19-15-11(9)12(18)14-7-6-13(2,3)16(4)5/h17H,6-8H2,1-5H3,(H,14,18). The van der Waals surface area contributed by atoms with Crippen molar-refractivity contribution < 1.29 is 14.4 Å². The molecule has 0 spiro atoms. The van der Waals surface area contributed by atoms with Crippen molar-refractivity contribution in [2.24, 2.45) is 0 Å². The van der Waals surface area contributed by atoms with E-state index in [2.05, 4.69) is 29.2 Å². The van der Waals surface area contributed by atoms with Crippen molar-refractivity contribution in [2.75, 3.05) is 20.6 Å². The Kier molecular flexibility index (Phi) is 5.08. The molecule has 1 rings (SSSR count). The second-order valence-electron chi connectivity index (χ2n) is 5.45. The molecule has 0 aliphatic heterocycles. The first-order valence-corrected chi connectivity index (χ1v) is 6.31. The molecule has 1 aromatic heterocycles. The molecule has 1 aromatic rings. The van der Waals surface area contributed by atoms with E-state index in [1.54, 1.807) is 6.92 Å². The van der Waals surface area contributed by atoms with Gasteiger partial charge in [0.2, 0.25) is 0 Å². The molecular weight excluding hydrogens is 246 g/mol. The average Bonchev–Trinajstić information content (AvgIpc) is 2.69. The van der Waals surface area contributed by atoms with E-state index in [1.807, 2.05) is 14.1 Å². The monoisotopic (exact) mass is 269 g/mol. The van der Waals surface area contributed by atoms with Crippen LogP contribution in [0.3, 0.4) is 0 Å². The lowest BCUT2D eigenvalue weighted by Crippen LogP contribution is -2.41.